The van der Waals surface area contributed by atoms with E-state index in [2.05, 4.69) is 34.2 Å². The summed E-state index contributed by atoms with van der Waals surface area (Å²) >= 11 is 5.05. The average Bonchev–Trinajstić information content (AvgIpc) is 3.05. The molecule has 0 bridgehead atoms. The maximum absolute atomic E-state index is 5.59. The fourth-order valence-electron chi connectivity index (χ4n) is 1.93. The molecule has 2 aromatic heterocycles. The molecule has 3 aromatic rings. The zero-order chi connectivity index (χ0) is 14.7. The fraction of sp³-hybridized carbons (Fsp3) is 0.357. The third-order valence-corrected chi connectivity index (χ3v) is 5.35. The van der Waals surface area contributed by atoms with Crippen molar-refractivity contribution in [3.63, 3.8) is 0 Å². The van der Waals surface area contributed by atoms with Crippen LogP contribution in [0.4, 0.5) is 0 Å². The summed E-state index contributed by atoms with van der Waals surface area (Å²) in [5.41, 5.74) is 1.08. The highest BCUT2D eigenvalue weighted by Crippen LogP contribution is 2.28. The number of thiazole rings is 1. The van der Waals surface area contributed by atoms with E-state index in [9.17, 15) is 0 Å². The molecule has 110 valence electrons. The van der Waals surface area contributed by atoms with Gasteiger partial charge in [0, 0.05) is 11.7 Å². The van der Waals surface area contributed by atoms with Gasteiger partial charge in [-0.1, -0.05) is 30.8 Å². The Hall–Kier alpha value is -1.05. The van der Waals surface area contributed by atoms with Gasteiger partial charge in [0.05, 0.1) is 21.0 Å². The second-order valence-corrected chi connectivity index (χ2v) is 7.97. The van der Waals surface area contributed by atoms with Crippen molar-refractivity contribution in [2.45, 2.75) is 29.6 Å². The number of rotatable bonds is 6. The Kier molecular flexibility index (Phi) is 4.82. The van der Waals surface area contributed by atoms with E-state index in [1.807, 2.05) is 18.4 Å². The molecule has 1 aromatic carbocycles. The molecule has 0 aliphatic rings. The number of fused-ring (bicyclic) bond motifs is 1. The first-order valence-electron chi connectivity index (χ1n) is 6.57. The molecule has 0 aliphatic carbocycles. The number of benzene rings is 1. The van der Waals surface area contributed by atoms with Gasteiger partial charge < -0.3 is 4.42 Å². The van der Waals surface area contributed by atoms with Gasteiger partial charge in [0.2, 0.25) is 5.89 Å². The van der Waals surface area contributed by atoms with Crippen LogP contribution in [-0.4, -0.2) is 26.7 Å². The lowest BCUT2D eigenvalue weighted by Gasteiger charge is -2.04. The van der Waals surface area contributed by atoms with Gasteiger partial charge in [-0.2, -0.15) is 11.8 Å². The zero-order valence-corrected chi connectivity index (χ0v) is 14.2. The molecule has 21 heavy (non-hydrogen) atoms. The number of para-hydroxylation sites is 1. The van der Waals surface area contributed by atoms with Crippen molar-refractivity contribution >= 4 is 45.1 Å². The van der Waals surface area contributed by atoms with Crippen LogP contribution in [0.3, 0.4) is 0 Å². The van der Waals surface area contributed by atoms with E-state index in [1.165, 1.54) is 4.70 Å². The standard InChI is InChI=1S/C14H15N3OS3/c1-9(20-14-17-16-12(18-14)8-19-2)7-13-15-10-5-3-4-6-11(10)21-13/h3-6,9H,7-8H2,1-2H3/t9-/m0/s1. The molecule has 3 rings (SSSR count). The first-order chi connectivity index (χ1) is 10.2. The Morgan fingerprint density at radius 2 is 2.14 bits per heavy atom. The molecule has 0 fully saturated rings. The van der Waals surface area contributed by atoms with Gasteiger partial charge in [-0.05, 0) is 18.4 Å². The van der Waals surface area contributed by atoms with E-state index in [0.717, 1.165) is 22.7 Å². The lowest BCUT2D eigenvalue weighted by Crippen LogP contribution is -2.00. The summed E-state index contributed by atoms with van der Waals surface area (Å²) in [6, 6.07) is 8.24. The van der Waals surface area contributed by atoms with Crippen LogP contribution in [0, 0.1) is 0 Å². The van der Waals surface area contributed by atoms with E-state index < -0.39 is 0 Å². The number of nitrogens with zero attached hydrogens (tertiary/aromatic N) is 3. The van der Waals surface area contributed by atoms with Crippen LogP contribution in [0.5, 0.6) is 0 Å². The Labute approximate surface area is 135 Å². The van der Waals surface area contributed by atoms with Gasteiger partial charge in [-0.25, -0.2) is 4.98 Å². The van der Waals surface area contributed by atoms with Crippen molar-refractivity contribution in [1.29, 1.82) is 0 Å². The highest BCUT2D eigenvalue weighted by molar-refractivity contribution is 7.99. The molecular formula is C14H15N3OS3. The van der Waals surface area contributed by atoms with Gasteiger partial charge >= 0.3 is 0 Å². The predicted molar refractivity (Wildman–Crippen MR) is 90.2 cm³/mol. The lowest BCUT2D eigenvalue weighted by atomic mass is 10.3. The predicted octanol–water partition coefficient (Wildman–Crippen LogP) is 4.27. The normalized spacial score (nSPS) is 12.9. The maximum atomic E-state index is 5.59. The minimum Gasteiger partial charge on any atom is -0.415 e. The van der Waals surface area contributed by atoms with Crippen molar-refractivity contribution in [3.8, 4) is 0 Å². The minimum atomic E-state index is 0.355. The van der Waals surface area contributed by atoms with Gasteiger partial charge in [0.1, 0.15) is 0 Å². The Morgan fingerprint density at radius 1 is 1.29 bits per heavy atom. The molecule has 4 nitrogen and oxygen atoms in total. The van der Waals surface area contributed by atoms with Crippen LogP contribution in [0.1, 0.15) is 17.8 Å². The highest BCUT2D eigenvalue weighted by Gasteiger charge is 2.14. The van der Waals surface area contributed by atoms with Gasteiger partial charge in [0.15, 0.2) is 0 Å². The summed E-state index contributed by atoms with van der Waals surface area (Å²) < 4.78 is 6.83. The van der Waals surface area contributed by atoms with Crippen LogP contribution in [0.25, 0.3) is 10.2 Å². The molecule has 0 radical (unpaired) electrons. The Balaban J connectivity index is 1.63. The van der Waals surface area contributed by atoms with Gasteiger partial charge in [-0.15, -0.1) is 21.5 Å². The van der Waals surface area contributed by atoms with Crippen molar-refractivity contribution in [3.05, 3.63) is 35.2 Å². The van der Waals surface area contributed by atoms with E-state index in [-0.39, 0.29) is 0 Å². The number of hydrogen-bond donors (Lipinski definition) is 0. The van der Waals surface area contributed by atoms with E-state index in [1.54, 1.807) is 34.9 Å². The number of aromatic nitrogens is 3. The van der Waals surface area contributed by atoms with E-state index >= 15 is 0 Å². The molecule has 0 spiro atoms. The molecule has 0 saturated heterocycles. The molecule has 1 atom stereocenters. The summed E-state index contributed by atoms with van der Waals surface area (Å²) in [5, 5.41) is 10.3. The Bertz CT molecular complexity index is 692. The fourth-order valence-corrected chi connectivity index (χ4v) is 4.32. The molecule has 0 amide bonds. The van der Waals surface area contributed by atoms with Crippen molar-refractivity contribution in [2.24, 2.45) is 0 Å². The summed E-state index contributed by atoms with van der Waals surface area (Å²) in [6.07, 6.45) is 2.93. The van der Waals surface area contributed by atoms with Crippen LogP contribution in [-0.2, 0) is 12.2 Å². The van der Waals surface area contributed by atoms with Gasteiger partial charge in [-0.3, -0.25) is 0 Å². The summed E-state index contributed by atoms with van der Waals surface area (Å²) in [7, 11) is 0. The zero-order valence-electron chi connectivity index (χ0n) is 11.8. The van der Waals surface area contributed by atoms with Crippen LogP contribution >= 0.6 is 34.9 Å². The summed E-state index contributed by atoms with van der Waals surface area (Å²) in [4.78, 5) is 4.66. The van der Waals surface area contributed by atoms with Crippen molar-refractivity contribution in [1.82, 2.24) is 15.2 Å². The van der Waals surface area contributed by atoms with Gasteiger partial charge in [0.25, 0.3) is 5.22 Å². The lowest BCUT2D eigenvalue weighted by molar-refractivity contribution is 0.426. The third kappa shape index (κ3) is 3.78. The molecule has 2 heterocycles. The highest BCUT2D eigenvalue weighted by atomic mass is 32.2. The number of hydrogen-bond acceptors (Lipinski definition) is 7. The maximum Gasteiger partial charge on any atom is 0.276 e. The monoisotopic (exact) mass is 337 g/mol. The first-order valence-corrected chi connectivity index (χ1v) is 9.66. The van der Waals surface area contributed by atoms with E-state index in [0.29, 0.717) is 16.4 Å². The van der Waals surface area contributed by atoms with E-state index in [4.69, 9.17) is 4.42 Å². The summed E-state index contributed by atoms with van der Waals surface area (Å²) in [5.74, 6) is 1.46. The molecule has 0 aliphatic heterocycles. The second-order valence-electron chi connectivity index (χ2n) is 4.60. The molecule has 7 heteroatoms. The van der Waals surface area contributed by atoms with Crippen molar-refractivity contribution in [2.75, 3.05) is 6.26 Å². The summed E-state index contributed by atoms with van der Waals surface area (Å²) in [6.45, 7) is 2.16. The molecule has 0 unspecified atom stereocenters. The average molecular weight is 337 g/mol. The quantitative estimate of drug-likeness (QED) is 0.626. The SMILES string of the molecule is CSCc1nnc(S[C@@H](C)Cc2nc3ccccc3s2)o1. The smallest absolute Gasteiger partial charge is 0.276 e. The second kappa shape index (κ2) is 6.81. The Morgan fingerprint density at radius 3 is 2.95 bits per heavy atom. The van der Waals surface area contributed by atoms with Crippen LogP contribution in [0.2, 0.25) is 0 Å². The number of thioether (sulfide) groups is 2. The minimum absolute atomic E-state index is 0.355. The third-order valence-electron chi connectivity index (χ3n) is 2.82. The van der Waals surface area contributed by atoms with Crippen LogP contribution in [0.15, 0.2) is 33.9 Å². The largest absolute Gasteiger partial charge is 0.415 e. The molecule has 0 N–H and O–H groups in total. The van der Waals surface area contributed by atoms with Crippen molar-refractivity contribution < 1.29 is 4.42 Å². The van der Waals surface area contributed by atoms with Crippen LogP contribution < -0.4 is 0 Å². The topological polar surface area (TPSA) is 51.8 Å². The molecule has 0 saturated carbocycles. The molecular weight excluding hydrogens is 322 g/mol. The first kappa shape index (κ1) is 14.9.